The van der Waals surface area contributed by atoms with Crippen LogP contribution in [0.2, 0.25) is 0 Å². The van der Waals surface area contributed by atoms with Gasteiger partial charge in [-0.15, -0.1) is 0 Å². The third-order valence-corrected chi connectivity index (χ3v) is 5.00. The summed E-state index contributed by atoms with van der Waals surface area (Å²) in [7, 11) is 1.62. The zero-order valence-corrected chi connectivity index (χ0v) is 16.0. The smallest absolute Gasteiger partial charge is 0.317 e. The average molecular weight is 365 g/mol. The van der Waals surface area contributed by atoms with Gasteiger partial charge in [0.25, 0.3) is 5.91 Å². The molecule has 3 amide bonds. The van der Waals surface area contributed by atoms with Crippen LogP contribution in [-0.2, 0) is 12.8 Å². The highest BCUT2D eigenvalue weighted by atomic mass is 16.2. The minimum absolute atomic E-state index is 0.00221. The summed E-state index contributed by atoms with van der Waals surface area (Å²) >= 11 is 0. The van der Waals surface area contributed by atoms with Gasteiger partial charge >= 0.3 is 6.03 Å². The number of hydrogen-bond donors (Lipinski definition) is 2. The van der Waals surface area contributed by atoms with E-state index < -0.39 is 0 Å². The van der Waals surface area contributed by atoms with Crippen molar-refractivity contribution in [3.8, 4) is 0 Å². The summed E-state index contributed by atoms with van der Waals surface area (Å²) in [6, 6.07) is 16.1. The summed E-state index contributed by atoms with van der Waals surface area (Å²) in [5.41, 5.74) is 4.29. The van der Waals surface area contributed by atoms with E-state index in [0.29, 0.717) is 24.4 Å². The van der Waals surface area contributed by atoms with Crippen molar-refractivity contribution in [1.29, 1.82) is 0 Å². The van der Waals surface area contributed by atoms with E-state index >= 15 is 0 Å². The minimum atomic E-state index is -0.0962. The van der Waals surface area contributed by atoms with Crippen molar-refractivity contribution in [3.63, 3.8) is 0 Å². The molecule has 5 nitrogen and oxygen atoms in total. The van der Waals surface area contributed by atoms with E-state index in [9.17, 15) is 9.59 Å². The normalized spacial score (nSPS) is 13.8. The van der Waals surface area contributed by atoms with E-state index in [-0.39, 0.29) is 11.9 Å². The number of urea groups is 1. The van der Waals surface area contributed by atoms with Crippen LogP contribution in [0.1, 0.15) is 27.0 Å². The maximum atomic E-state index is 12.2. The van der Waals surface area contributed by atoms with E-state index in [1.165, 1.54) is 11.1 Å². The van der Waals surface area contributed by atoms with Crippen molar-refractivity contribution in [1.82, 2.24) is 15.5 Å². The molecule has 0 atom stereocenters. The van der Waals surface area contributed by atoms with Crippen LogP contribution in [0.4, 0.5) is 4.79 Å². The van der Waals surface area contributed by atoms with Gasteiger partial charge in [-0.2, -0.15) is 0 Å². The first-order valence-electron chi connectivity index (χ1n) is 9.44. The lowest BCUT2D eigenvalue weighted by molar-refractivity contribution is 0.0963. The molecule has 3 rings (SSSR count). The monoisotopic (exact) mass is 365 g/mol. The molecule has 0 radical (unpaired) electrons. The summed E-state index contributed by atoms with van der Waals surface area (Å²) in [6.45, 7) is 4.28. The quantitative estimate of drug-likeness (QED) is 0.827. The molecule has 0 unspecified atom stereocenters. The maximum Gasteiger partial charge on any atom is 0.317 e. The number of hydrogen-bond acceptors (Lipinski definition) is 2. The third kappa shape index (κ3) is 5.09. The molecule has 1 aliphatic heterocycles. The molecule has 27 heavy (non-hydrogen) atoms. The van der Waals surface area contributed by atoms with E-state index in [1.807, 2.05) is 23.1 Å². The number of carbonyl (C=O) groups is 2. The van der Waals surface area contributed by atoms with Gasteiger partial charge in [0, 0.05) is 32.2 Å². The molecule has 2 N–H and O–H groups in total. The SMILES string of the molecule is CNC(=O)c1cccc(CCNC(=O)N2CC(Cc3ccc(C)cc3)C2)c1. The van der Waals surface area contributed by atoms with E-state index in [1.54, 1.807) is 13.1 Å². The van der Waals surface area contributed by atoms with Gasteiger partial charge in [-0.1, -0.05) is 42.0 Å². The molecule has 0 saturated carbocycles. The number of amides is 3. The Balaban J connectivity index is 1.38. The minimum Gasteiger partial charge on any atom is -0.355 e. The molecule has 2 aromatic rings. The molecular weight excluding hydrogens is 338 g/mol. The Hall–Kier alpha value is -2.82. The standard InChI is InChI=1S/C22H27N3O2/c1-16-6-8-18(9-7-16)12-19-14-25(15-19)22(27)24-11-10-17-4-3-5-20(13-17)21(26)23-2/h3-9,13,19H,10-12,14-15H2,1-2H3,(H,23,26)(H,24,27). The Labute approximate surface area is 160 Å². The van der Waals surface area contributed by atoms with Crippen molar-refractivity contribution in [3.05, 3.63) is 70.8 Å². The largest absolute Gasteiger partial charge is 0.355 e. The van der Waals surface area contributed by atoms with Crippen molar-refractivity contribution < 1.29 is 9.59 Å². The lowest BCUT2D eigenvalue weighted by Gasteiger charge is -2.39. The van der Waals surface area contributed by atoms with Gasteiger partial charge in [0.1, 0.15) is 0 Å². The van der Waals surface area contributed by atoms with Crippen LogP contribution in [0.25, 0.3) is 0 Å². The van der Waals surface area contributed by atoms with Gasteiger partial charge in [0.15, 0.2) is 0 Å². The fraction of sp³-hybridized carbons (Fsp3) is 0.364. The zero-order valence-electron chi connectivity index (χ0n) is 16.0. The highest BCUT2D eigenvalue weighted by molar-refractivity contribution is 5.94. The highest BCUT2D eigenvalue weighted by Gasteiger charge is 2.30. The summed E-state index contributed by atoms with van der Waals surface area (Å²) in [4.78, 5) is 25.8. The Bertz CT molecular complexity index is 795. The fourth-order valence-electron chi connectivity index (χ4n) is 3.36. The van der Waals surface area contributed by atoms with Gasteiger partial charge in [0.2, 0.25) is 0 Å². The van der Waals surface area contributed by atoms with Crippen LogP contribution in [0.15, 0.2) is 48.5 Å². The summed E-state index contributed by atoms with van der Waals surface area (Å²) in [6.07, 6.45) is 1.73. The molecule has 2 aromatic carbocycles. The second kappa shape index (κ2) is 8.71. The number of nitrogens with one attached hydrogen (secondary N) is 2. The first-order valence-corrected chi connectivity index (χ1v) is 9.44. The van der Waals surface area contributed by atoms with Crippen molar-refractivity contribution in [2.45, 2.75) is 19.8 Å². The van der Waals surface area contributed by atoms with Crippen LogP contribution in [0.5, 0.6) is 0 Å². The number of nitrogens with zero attached hydrogens (tertiary/aromatic N) is 1. The lowest BCUT2D eigenvalue weighted by Crippen LogP contribution is -2.54. The van der Waals surface area contributed by atoms with Crippen LogP contribution >= 0.6 is 0 Å². The molecule has 0 bridgehead atoms. The van der Waals surface area contributed by atoms with E-state index in [2.05, 4.69) is 41.8 Å². The fourth-order valence-corrected chi connectivity index (χ4v) is 3.36. The van der Waals surface area contributed by atoms with Gasteiger partial charge in [-0.3, -0.25) is 4.79 Å². The summed E-state index contributed by atoms with van der Waals surface area (Å²) in [5.74, 6) is 0.448. The molecular formula is C22H27N3O2. The van der Waals surface area contributed by atoms with Crippen LogP contribution in [-0.4, -0.2) is 43.5 Å². The average Bonchev–Trinajstić information content (AvgIpc) is 2.65. The molecule has 5 heteroatoms. The van der Waals surface area contributed by atoms with Crippen LogP contribution in [0, 0.1) is 12.8 Å². The number of benzene rings is 2. The van der Waals surface area contributed by atoms with Crippen LogP contribution < -0.4 is 10.6 Å². The van der Waals surface area contributed by atoms with Crippen LogP contribution in [0.3, 0.4) is 0 Å². The topological polar surface area (TPSA) is 61.4 Å². The maximum absolute atomic E-state index is 12.2. The Morgan fingerprint density at radius 2 is 1.81 bits per heavy atom. The number of carbonyl (C=O) groups excluding carboxylic acids is 2. The lowest BCUT2D eigenvalue weighted by atomic mass is 9.92. The molecule has 1 aliphatic rings. The number of aryl methyl sites for hydroxylation is 1. The van der Waals surface area contributed by atoms with Gasteiger partial charge < -0.3 is 15.5 Å². The molecule has 0 spiro atoms. The Morgan fingerprint density at radius 3 is 2.52 bits per heavy atom. The predicted molar refractivity (Wildman–Crippen MR) is 107 cm³/mol. The second-order valence-corrected chi connectivity index (χ2v) is 7.22. The summed E-state index contributed by atoms with van der Waals surface area (Å²) in [5, 5.41) is 5.60. The first kappa shape index (κ1) is 19.0. The predicted octanol–water partition coefficient (Wildman–Crippen LogP) is 2.78. The number of rotatable bonds is 6. The highest BCUT2D eigenvalue weighted by Crippen LogP contribution is 2.20. The van der Waals surface area contributed by atoms with Gasteiger partial charge in [-0.05, 0) is 48.9 Å². The Kier molecular flexibility index (Phi) is 6.12. The molecule has 1 saturated heterocycles. The third-order valence-electron chi connectivity index (χ3n) is 5.00. The van der Waals surface area contributed by atoms with E-state index in [4.69, 9.17) is 0 Å². The summed E-state index contributed by atoms with van der Waals surface area (Å²) < 4.78 is 0. The van der Waals surface area contributed by atoms with Crippen molar-refractivity contribution in [2.24, 2.45) is 5.92 Å². The van der Waals surface area contributed by atoms with Gasteiger partial charge in [0.05, 0.1) is 0 Å². The van der Waals surface area contributed by atoms with Crippen molar-refractivity contribution in [2.75, 3.05) is 26.7 Å². The van der Waals surface area contributed by atoms with Gasteiger partial charge in [-0.25, -0.2) is 4.79 Å². The van der Waals surface area contributed by atoms with E-state index in [0.717, 1.165) is 25.1 Å². The molecule has 1 heterocycles. The molecule has 142 valence electrons. The molecule has 0 aliphatic carbocycles. The molecule has 0 aromatic heterocycles. The zero-order chi connectivity index (χ0) is 19.2. The first-order chi connectivity index (χ1) is 13.0. The second-order valence-electron chi connectivity index (χ2n) is 7.22. The number of likely N-dealkylation sites (tertiary alicyclic amines) is 1. The van der Waals surface area contributed by atoms with Crippen molar-refractivity contribution >= 4 is 11.9 Å². The molecule has 1 fully saturated rings. The Morgan fingerprint density at radius 1 is 1.07 bits per heavy atom.